The van der Waals surface area contributed by atoms with Crippen LogP contribution in [0.1, 0.15) is 26.2 Å². The van der Waals surface area contributed by atoms with Crippen LogP contribution in [0.15, 0.2) is 12.2 Å². The predicted molar refractivity (Wildman–Crippen MR) is 57.7 cm³/mol. The highest BCUT2D eigenvalue weighted by Crippen LogP contribution is 1.85. The molecule has 2 amide bonds. The van der Waals surface area contributed by atoms with Crippen LogP contribution in [-0.4, -0.2) is 30.2 Å². The zero-order chi connectivity index (χ0) is 11.5. The van der Waals surface area contributed by atoms with E-state index in [4.69, 9.17) is 5.11 Å². The summed E-state index contributed by atoms with van der Waals surface area (Å²) in [6, 6.07) is -0.245. The summed E-state index contributed by atoms with van der Waals surface area (Å²) in [7, 11) is 0. The fraction of sp³-hybridized carbons (Fsp3) is 0.600. The molecule has 5 nitrogen and oxygen atoms in total. The maximum absolute atomic E-state index is 11.1. The molecular formula is C10H18N2O3. The lowest BCUT2D eigenvalue weighted by molar-refractivity contribution is -0.137. The minimum Gasteiger partial charge on any atom is -0.481 e. The first-order valence-electron chi connectivity index (χ1n) is 5.01. The van der Waals surface area contributed by atoms with Gasteiger partial charge in [-0.15, -0.1) is 0 Å². The van der Waals surface area contributed by atoms with E-state index in [0.717, 1.165) is 6.42 Å². The van der Waals surface area contributed by atoms with E-state index in [2.05, 4.69) is 10.6 Å². The Hall–Kier alpha value is -1.52. The van der Waals surface area contributed by atoms with E-state index in [-0.39, 0.29) is 12.5 Å². The van der Waals surface area contributed by atoms with Crippen molar-refractivity contribution in [3.8, 4) is 0 Å². The number of amides is 2. The Bertz CT molecular complexity index is 227. The summed E-state index contributed by atoms with van der Waals surface area (Å²) in [5, 5.41) is 13.6. The third-order valence-corrected chi connectivity index (χ3v) is 1.69. The summed E-state index contributed by atoms with van der Waals surface area (Å²) >= 11 is 0. The quantitative estimate of drug-likeness (QED) is 0.439. The Balaban J connectivity index is 3.29. The molecule has 86 valence electrons. The summed E-state index contributed by atoms with van der Waals surface area (Å²) in [5.41, 5.74) is 0. The summed E-state index contributed by atoms with van der Waals surface area (Å²) in [6.45, 7) is 2.91. The van der Waals surface area contributed by atoms with Crippen LogP contribution in [0.4, 0.5) is 4.79 Å². The van der Waals surface area contributed by atoms with Crippen LogP contribution < -0.4 is 10.6 Å². The van der Waals surface area contributed by atoms with Crippen LogP contribution in [0.3, 0.4) is 0 Å². The van der Waals surface area contributed by atoms with E-state index in [9.17, 15) is 9.59 Å². The molecule has 0 rings (SSSR count). The molecule has 0 fully saturated rings. The molecule has 0 saturated carbocycles. The fourth-order valence-electron chi connectivity index (χ4n) is 0.940. The lowest BCUT2D eigenvalue weighted by Crippen LogP contribution is -2.36. The molecule has 0 aliphatic rings. The fourth-order valence-corrected chi connectivity index (χ4v) is 0.940. The molecule has 0 aliphatic heterocycles. The molecule has 3 N–H and O–H groups in total. The van der Waals surface area contributed by atoms with E-state index in [1.807, 2.05) is 19.1 Å². The summed E-state index contributed by atoms with van der Waals surface area (Å²) < 4.78 is 0. The normalized spacial score (nSPS) is 10.2. The maximum Gasteiger partial charge on any atom is 0.314 e. The third kappa shape index (κ3) is 10.4. The van der Waals surface area contributed by atoms with Crippen molar-refractivity contribution < 1.29 is 14.7 Å². The first-order chi connectivity index (χ1) is 7.16. The van der Waals surface area contributed by atoms with E-state index < -0.39 is 5.97 Å². The molecule has 0 saturated heterocycles. The minimum atomic E-state index is -0.842. The molecule has 5 heteroatoms. The lowest BCUT2D eigenvalue weighted by atomic mass is 10.3. The van der Waals surface area contributed by atoms with Gasteiger partial charge in [0.1, 0.15) is 0 Å². The molecule has 0 aromatic heterocycles. The van der Waals surface area contributed by atoms with Crippen LogP contribution in [-0.2, 0) is 4.79 Å². The van der Waals surface area contributed by atoms with Gasteiger partial charge >= 0.3 is 12.0 Å². The number of rotatable bonds is 7. The van der Waals surface area contributed by atoms with Crippen LogP contribution >= 0.6 is 0 Å². The Morgan fingerprint density at radius 1 is 1.27 bits per heavy atom. The van der Waals surface area contributed by atoms with Crippen molar-refractivity contribution in [3.05, 3.63) is 12.2 Å². The molecule has 0 bridgehead atoms. The Labute approximate surface area is 89.6 Å². The van der Waals surface area contributed by atoms with Gasteiger partial charge in [0.15, 0.2) is 0 Å². The SMILES string of the molecule is C/C=C/CCNC(=O)NCCCC(=O)O. The summed E-state index contributed by atoms with van der Waals surface area (Å²) in [6.07, 6.45) is 5.23. The Morgan fingerprint density at radius 3 is 2.53 bits per heavy atom. The molecule has 0 unspecified atom stereocenters. The molecule has 0 atom stereocenters. The highest BCUT2D eigenvalue weighted by atomic mass is 16.4. The van der Waals surface area contributed by atoms with Crippen molar-refractivity contribution in [1.29, 1.82) is 0 Å². The third-order valence-electron chi connectivity index (χ3n) is 1.69. The number of carboxylic acids is 1. The standard InChI is InChI=1S/C10H18N2O3/c1-2-3-4-7-11-10(15)12-8-5-6-9(13)14/h2-3H,4-8H2,1H3,(H,13,14)(H2,11,12,15)/b3-2+. The van der Waals surface area contributed by atoms with Gasteiger partial charge < -0.3 is 15.7 Å². The van der Waals surface area contributed by atoms with Crippen molar-refractivity contribution in [1.82, 2.24) is 10.6 Å². The van der Waals surface area contributed by atoms with Crippen molar-refractivity contribution >= 4 is 12.0 Å². The molecule has 0 aromatic rings. The van der Waals surface area contributed by atoms with Gasteiger partial charge in [0.05, 0.1) is 0 Å². The summed E-state index contributed by atoms with van der Waals surface area (Å²) in [4.78, 5) is 21.2. The number of carboxylic acid groups (broad SMARTS) is 1. The van der Waals surface area contributed by atoms with Gasteiger partial charge in [0.2, 0.25) is 0 Å². The first kappa shape index (κ1) is 13.5. The number of aliphatic carboxylic acids is 1. The van der Waals surface area contributed by atoms with Crippen molar-refractivity contribution in [2.75, 3.05) is 13.1 Å². The first-order valence-corrected chi connectivity index (χ1v) is 5.01. The molecule has 0 aliphatic carbocycles. The van der Waals surface area contributed by atoms with E-state index in [0.29, 0.717) is 19.5 Å². The van der Waals surface area contributed by atoms with Crippen molar-refractivity contribution in [2.24, 2.45) is 0 Å². The highest BCUT2D eigenvalue weighted by Gasteiger charge is 1.99. The van der Waals surface area contributed by atoms with Gasteiger partial charge in [0.25, 0.3) is 0 Å². The number of hydrogen-bond acceptors (Lipinski definition) is 2. The number of carbonyl (C=O) groups is 2. The van der Waals surface area contributed by atoms with Gasteiger partial charge in [0, 0.05) is 19.5 Å². The van der Waals surface area contributed by atoms with Gasteiger partial charge in [-0.1, -0.05) is 12.2 Å². The van der Waals surface area contributed by atoms with Gasteiger partial charge in [-0.25, -0.2) is 4.79 Å². The van der Waals surface area contributed by atoms with Crippen LogP contribution in [0.2, 0.25) is 0 Å². The van der Waals surface area contributed by atoms with Crippen LogP contribution in [0.5, 0.6) is 0 Å². The summed E-state index contributed by atoms with van der Waals surface area (Å²) in [5.74, 6) is -0.842. The average molecular weight is 214 g/mol. The van der Waals surface area contributed by atoms with Crippen LogP contribution in [0, 0.1) is 0 Å². The zero-order valence-corrected chi connectivity index (χ0v) is 8.95. The number of carbonyl (C=O) groups excluding carboxylic acids is 1. The number of nitrogens with one attached hydrogen (secondary N) is 2. The van der Waals surface area contributed by atoms with Crippen LogP contribution in [0.25, 0.3) is 0 Å². The Kier molecular flexibility index (Phi) is 8.13. The molecular weight excluding hydrogens is 196 g/mol. The molecule has 0 radical (unpaired) electrons. The highest BCUT2D eigenvalue weighted by molar-refractivity contribution is 5.73. The molecule has 15 heavy (non-hydrogen) atoms. The second-order valence-corrected chi connectivity index (χ2v) is 3.04. The number of urea groups is 1. The topological polar surface area (TPSA) is 78.4 Å². The minimum absolute atomic E-state index is 0.0822. The van der Waals surface area contributed by atoms with E-state index >= 15 is 0 Å². The molecule has 0 heterocycles. The lowest BCUT2D eigenvalue weighted by Gasteiger charge is -2.05. The van der Waals surface area contributed by atoms with Gasteiger partial charge in [-0.2, -0.15) is 0 Å². The van der Waals surface area contributed by atoms with Gasteiger partial charge in [-0.3, -0.25) is 4.79 Å². The maximum atomic E-state index is 11.1. The van der Waals surface area contributed by atoms with Crippen molar-refractivity contribution in [2.45, 2.75) is 26.2 Å². The number of hydrogen-bond donors (Lipinski definition) is 3. The number of allylic oxidation sites excluding steroid dienone is 1. The smallest absolute Gasteiger partial charge is 0.314 e. The monoisotopic (exact) mass is 214 g/mol. The largest absolute Gasteiger partial charge is 0.481 e. The average Bonchev–Trinajstić information content (AvgIpc) is 2.19. The van der Waals surface area contributed by atoms with Gasteiger partial charge in [-0.05, 0) is 19.8 Å². The molecule has 0 spiro atoms. The zero-order valence-electron chi connectivity index (χ0n) is 8.95. The Morgan fingerprint density at radius 2 is 1.93 bits per heavy atom. The molecule has 0 aromatic carbocycles. The predicted octanol–water partition coefficient (Wildman–Crippen LogP) is 1.12. The van der Waals surface area contributed by atoms with Crippen molar-refractivity contribution in [3.63, 3.8) is 0 Å². The second kappa shape index (κ2) is 9.05. The van der Waals surface area contributed by atoms with E-state index in [1.165, 1.54) is 0 Å². The van der Waals surface area contributed by atoms with E-state index in [1.54, 1.807) is 0 Å². The second-order valence-electron chi connectivity index (χ2n) is 3.04.